The van der Waals surface area contributed by atoms with Gasteiger partial charge in [0.1, 0.15) is 0 Å². The Labute approximate surface area is 464 Å². The Bertz CT molecular complexity index is 2880. The highest BCUT2D eigenvalue weighted by Crippen LogP contribution is 2.51. The Balaban J connectivity index is 1.74. The fraction of sp³-hybridized carbons (Fsp3) is 0.400. The highest BCUT2D eigenvalue weighted by molar-refractivity contribution is 6.31. The molecule has 0 saturated carbocycles. The van der Waals surface area contributed by atoms with E-state index in [0.29, 0.717) is 0 Å². The molecule has 75 heavy (non-hydrogen) atoms. The van der Waals surface area contributed by atoms with Gasteiger partial charge in [0.2, 0.25) is 0 Å². The molecule has 0 atom stereocenters. The molecule has 0 spiro atoms. The first-order valence-corrected chi connectivity index (χ1v) is 27.8. The molecule has 7 rings (SSSR count). The van der Waals surface area contributed by atoms with E-state index in [1.165, 1.54) is 33.4 Å². The van der Waals surface area contributed by atoms with Crippen molar-refractivity contribution in [2.45, 2.75) is 185 Å². The molecule has 0 aromatic heterocycles. The van der Waals surface area contributed by atoms with Gasteiger partial charge >= 0.3 is 0 Å². The lowest BCUT2D eigenvalue weighted by Crippen LogP contribution is -2.22. The lowest BCUT2D eigenvalue weighted by molar-refractivity contribution is 0.568. The number of rotatable bonds is 9. The molecule has 7 aromatic rings. The molecule has 0 bridgehead atoms. The largest absolute Gasteiger partial charge is 0.310 e. The molecular weight excluding hydrogens is 954 g/mol. The highest BCUT2D eigenvalue weighted by atomic mass is 35.5. The lowest BCUT2D eigenvalue weighted by Gasteiger charge is -2.36. The first-order chi connectivity index (χ1) is 34.4. The van der Waals surface area contributed by atoms with Crippen LogP contribution in [0, 0.1) is 27.7 Å². The SMILES string of the molecule is Cc1cc(Cl)cc(C)c1N(c1ccc(C(C)(C)C)cc1)c1cc(N(c2cc(C(C)(C)C)cc(C(C)(C)C)c2)c2cc(C(C)(C)C)cc(C(C)(C)C)c2)cc(N(c2ccc(C(C)(C)C)cc2)c2c(C)cc(Cl)cc2C)c1. The molecule has 0 amide bonds. The number of anilines is 9. The van der Waals surface area contributed by atoms with Crippen molar-refractivity contribution in [3.63, 3.8) is 0 Å². The van der Waals surface area contributed by atoms with Crippen molar-refractivity contribution in [2.75, 3.05) is 14.7 Å². The van der Waals surface area contributed by atoms with Gasteiger partial charge in [-0.1, -0.05) is 184 Å². The Morgan fingerprint density at radius 1 is 0.240 bits per heavy atom. The van der Waals surface area contributed by atoms with Gasteiger partial charge in [0, 0.05) is 32.8 Å². The molecule has 3 nitrogen and oxygen atoms in total. The molecule has 0 N–H and O–H groups in total. The highest BCUT2D eigenvalue weighted by Gasteiger charge is 2.30. The van der Waals surface area contributed by atoms with Crippen molar-refractivity contribution >= 4 is 74.4 Å². The van der Waals surface area contributed by atoms with Gasteiger partial charge in [0.15, 0.2) is 0 Å². The first kappa shape index (κ1) is 57.2. The van der Waals surface area contributed by atoms with E-state index >= 15 is 0 Å². The van der Waals surface area contributed by atoms with E-state index in [1.54, 1.807) is 0 Å². The van der Waals surface area contributed by atoms with Gasteiger partial charge in [-0.15, -0.1) is 0 Å². The topological polar surface area (TPSA) is 9.72 Å². The van der Waals surface area contributed by atoms with Crippen LogP contribution in [0.5, 0.6) is 0 Å². The number of benzene rings is 7. The van der Waals surface area contributed by atoms with Gasteiger partial charge in [-0.25, -0.2) is 0 Å². The normalized spacial score (nSPS) is 12.8. The molecule has 0 aliphatic heterocycles. The summed E-state index contributed by atoms with van der Waals surface area (Å²) in [6.07, 6.45) is 0. The second-order valence-corrected chi connectivity index (χ2v) is 28.5. The third-order valence-corrected chi connectivity index (χ3v) is 15.3. The maximum absolute atomic E-state index is 6.91. The fourth-order valence-electron chi connectivity index (χ4n) is 10.2. The van der Waals surface area contributed by atoms with Crippen LogP contribution >= 0.6 is 23.2 Å². The summed E-state index contributed by atoms with van der Waals surface area (Å²) in [6.45, 7) is 50.4. The summed E-state index contributed by atoms with van der Waals surface area (Å²) in [4.78, 5) is 7.46. The molecule has 0 fully saturated rings. The molecule has 7 aromatic carbocycles. The third kappa shape index (κ3) is 12.7. The summed E-state index contributed by atoms with van der Waals surface area (Å²) < 4.78 is 0. The summed E-state index contributed by atoms with van der Waals surface area (Å²) in [6, 6.07) is 48.6. The van der Waals surface area contributed by atoms with Gasteiger partial charge in [-0.05, 0) is 207 Å². The molecule has 5 heteroatoms. The van der Waals surface area contributed by atoms with Gasteiger partial charge in [0.05, 0.1) is 28.4 Å². The van der Waals surface area contributed by atoms with Gasteiger partial charge in [-0.3, -0.25) is 0 Å². The van der Waals surface area contributed by atoms with Gasteiger partial charge < -0.3 is 14.7 Å². The van der Waals surface area contributed by atoms with Crippen molar-refractivity contribution in [2.24, 2.45) is 0 Å². The number of aryl methyl sites for hydroxylation is 4. The van der Waals surface area contributed by atoms with Crippen LogP contribution in [0.3, 0.4) is 0 Å². The Hall–Kier alpha value is -5.48. The molecule has 0 radical (unpaired) electrons. The van der Waals surface area contributed by atoms with E-state index < -0.39 is 0 Å². The lowest BCUT2D eigenvalue weighted by atomic mass is 9.79. The van der Waals surface area contributed by atoms with Crippen LogP contribution in [0.25, 0.3) is 0 Å². The Morgan fingerprint density at radius 2 is 0.453 bits per heavy atom. The van der Waals surface area contributed by atoms with E-state index in [1.807, 2.05) is 0 Å². The maximum atomic E-state index is 6.91. The second-order valence-electron chi connectivity index (χ2n) is 27.6. The van der Waals surface area contributed by atoms with Crippen LogP contribution in [0.1, 0.15) is 180 Å². The quantitative estimate of drug-likeness (QED) is 0.143. The summed E-state index contributed by atoms with van der Waals surface area (Å²) in [7, 11) is 0. The number of hydrogen-bond acceptors (Lipinski definition) is 3. The third-order valence-electron chi connectivity index (χ3n) is 14.8. The summed E-state index contributed by atoms with van der Waals surface area (Å²) in [5, 5.41) is 1.44. The van der Waals surface area contributed by atoms with E-state index in [0.717, 1.165) is 83.5 Å². The molecule has 0 saturated heterocycles. The molecular formula is C70H87Cl2N3. The minimum absolute atomic E-state index is 0.0264. The minimum atomic E-state index is -0.127. The molecule has 0 unspecified atom stereocenters. The zero-order valence-corrected chi connectivity index (χ0v) is 51.2. The van der Waals surface area contributed by atoms with E-state index in [2.05, 4.69) is 294 Å². The average Bonchev–Trinajstić information content (AvgIpc) is 3.27. The van der Waals surface area contributed by atoms with E-state index in [-0.39, 0.29) is 32.5 Å². The van der Waals surface area contributed by atoms with Crippen LogP contribution in [0.4, 0.5) is 51.2 Å². The van der Waals surface area contributed by atoms with E-state index in [9.17, 15) is 0 Å². The Morgan fingerprint density at radius 3 is 0.680 bits per heavy atom. The van der Waals surface area contributed by atoms with Crippen LogP contribution in [0.15, 0.2) is 127 Å². The van der Waals surface area contributed by atoms with Crippen molar-refractivity contribution in [3.8, 4) is 0 Å². The maximum Gasteiger partial charge on any atom is 0.0521 e. The smallest absolute Gasteiger partial charge is 0.0521 e. The summed E-state index contributed by atoms with van der Waals surface area (Å²) in [5.74, 6) is 0. The van der Waals surface area contributed by atoms with Crippen LogP contribution in [0.2, 0.25) is 10.0 Å². The van der Waals surface area contributed by atoms with Gasteiger partial charge in [-0.2, -0.15) is 0 Å². The molecule has 0 aliphatic rings. The molecule has 0 heterocycles. The monoisotopic (exact) mass is 1040 g/mol. The minimum Gasteiger partial charge on any atom is -0.310 e. The fourth-order valence-corrected chi connectivity index (χ4v) is 10.8. The molecule has 0 aliphatic carbocycles. The van der Waals surface area contributed by atoms with Crippen molar-refractivity contribution in [1.29, 1.82) is 0 Å². The second kappa shape index (κ2) is 20.5. The Kier molecular flexibility index (Phi) is 15.6. The zero-order valence-electron chi connectivity index (χ0n) is 49.7. The first-order valence-electron chi connectivity index (χ1n) is 27.0. The van der Waals surface area contributed by atoms with Crippen molar-refractivity contribution in [1.82, 2.24) is 0 Å². The number of halogens is 2. The predicted octanol–water partition coefficient (Wildman–Crippen LogP) is 22.4. The van der Waals surface area contributed by atoms with Crippen LogP contribution < -0.4 is 14.7 Å². The number of hydrogen-bond donors (Lipinski definition) is 0. The van der Waals surface area contributed by atoms with Gasteiger partial charge in [0.25, 0.3) is 0 Å². The van der Waals surface area contributed by atoms with E-state index in [4.69, 9.17) is 23.2 Å². The van der Waals surface area contributed by atoms with Crippen molar-refractivity contribution < 1.29 is 0 Å². The summed E-state index contributed by atoms with van der Waals surface area (Å²) >= 11 is 13.8. The zero-order chi connectivity index (χ0) is 55.7. The average molecular weight is 1040 g/mol. The van der Waals surface area contributed by atoms with Crippen LogP contribution in [-0.2, 0) is 32.5 Å². The number of nitrogens with zero attached hydrogens (tertiary/aromatic N) is 3. The van der Waals surface area contributed by atoms with Crippen LogP contribution in [-0.4, -0.2) is 0 Å². The van der Waals surface area contributed by atoms with Crippen molar-refractivity contribution in [3.05, 3.63) is 193 Å². The standard InChI is InChI=1S/C70H87Cl2N3/c1-44-31-54(71)32-45(2)63(44)74(56-27-23-48(24-28-56)65(5,6)7)61-41-60(42-62(43-61)75(64-46(3)33-55(72)34-47(64)4)57-29-25-49(26-30-57)66(8,9)10)73(58-37-50(67(11,12)13)35-51(38-58)68(14,15)16)59-39-52(69(17,18)19)36-53(40-59)70(20,21)22/h23-43H,1-22H3. The predicted molar refractivity (Wildman–Crippen MR) is 332 cm³/mol. The summed E-state index contributed by atoms with van der Waals surface area (Å²) in [5.41, 5.74) is 21.0. The molecule has 396 valence electrons.